The third kappa shape index (κ3) is 5.97. The van der Waals surface area contributed by atoms with Crippen molar-refractivity contribution in [3.63, 3.8) is 0 Å². The minimum Gasteiger partial charge on any atom is -0.459 e. The van der Waals surface area contributed by atoms with Gasteiger partial charge >= 0.3 is 5.97 Å². The van der Waals surface area contributed by atoms with Crippen LogP contribution >= 0.6 is 11.3 Å². The Morgan fingerprint density at radius 2 is 2.04 bits per heavy atom. The van der Waals surface area contributed by atoms with Crippen LogP contribution in [0.4, 0.5) is 5.13 Å². The predicted octanol–water partition coefficient (Wildman–Crippen LogP) is 1.41. The van der Waals surface area contributed by atoms with Gasteiger partial charge in [0.25, 0.3) is 0 Å². The number of nitrogens with zero attached hydrogens (tertiary/aromatic N) is 3. The molecule has 8 nitrogen and oxygen atoms in total. The molecule has 0 radical (unpaired) electrons. The second-order valence-corrected chi connectivity index (χ2v) is 9.62. The summed E-state index contributed by atoms with van der Waals surface area (Å²) in [4.78, 5) is 33.8. The summed E-state index contributed by atoms with van der Waals surface area (Å²) in [5.41, 5.74) is 0.366. The molecule has 0 aromatic carbocycles. The maximum Gasteiger partial charge on any atom is 0.320 e. The van der Waals surface area contributed by atoms with Crippen molar-refractivity contribution in [3.8, 4) is 0 Å². The van der Waals surface area contributed by atoms with Gasteiger partial charge in [-0.1, -0.05) is 0 Å². The second-order valence-electron chi connectivity index (χ2n) is 8.42. The number of amides is 1. The van der Waals surface area contributed by atoms with Crippen molar-refractivity contribution >= 4 is 28.3 Å². The first-order chi connectivity index (χ1) is 12.9. The van der Waals surface area contributed by atoms with E-state index in [1.54, 1.807) is 11.9 Å². The van der Waals surface area contributed by atoms with Crippen LogP contribution in [0.1, 0.15) is 38.3 Å². The van der Waals surface area contributed by atoms with Gasteiger partial charge in [-0.3, -0.25) is 19.4 Å². The van der Waals surface area contributed by atoms with Gasteiger partial charge in [-0.15, -0.1) is 11.3 Å². The zero-order chi connectivity index (χ0) is 21.2. The third-order valence-corrected chi connectivity index (χ3v) is 5.83. The fraction of sp³-hybridized carbons (Fsp3) is 0.737. The zero-order valence-electron chi connectivity index (χ0n) is 17.8. The first-order valence-electron chi connectivity index (χ1n) is 9.46. The van der Waals surface area contributed by atoms with Gasteiger partial charge in [0.05, 0.1) is 24.4 Å². The lowest BCUT2D eigenvalue weighted by Crippen LogP contribution is -2.45. The van der Waals surface area contributed by atoms with Gasteiger partial charge in [0.2, 0.25) is 5.91 Å². The molecule has 1 saturated heterocycles. The van der Waals surface area contributed by atoms with E-state index in [0.29, 0.717) is 18.2 Å². The Morgan fingerprint density at radius 3 is 2.57 bits per heavy atom. The second kappa shape index (κ2) is 8.86. The van der Waals surface area contributed by atoms with Crippen molar-refractivity contribution in [3.05, 3.63) is 10.6 Å². The van der Waals surface area contributed by atoms with Crippen LogP contribution in [-0.2, 0) is 14.3 Å². The van der Waals surface area contributed by atoms with Crippen molar-refractivity contribution in [1.29, 1.82) is 0 Å². The van der Waals surface area contributed by atoms with Crippen LogP contribution < -0.4 is 5.32 Å². The minimum atomic E-state index is -0.646. The van der Waals surface area contributed by atoms with Crippen molar-refractivity contribution in [2.24, 2.45) is 0 Å². The first-order valence-corrected chi connectivity index (χ1v) is 10.3. The summed E-state index contributed by atoms with van der Waals surface area (Å²) in [6.45, 7) is 12.1. The number of aliphatic hydroxyl groups excluding tert-OH is 1. The number of anilines is 1. The number of aromatic nitrogens is 1. The largest absolute Gasteiger partial charge is 0.459 e. The normalized spacial score (nSPS) is 21.8. The topological polar surface area (TPSA) is 95.0 Å². The average molecular weight is 413 g/mol. The molecule has 1 aromatic heterocycles. The van der Waals surface area contributed by atoms with Gasteiger partial charge in [-0.2, -0.15) is 0 Å². The molecule has 0 saturated carbocycles. The van der Waals surface area contributed by atoms with Crippen LogP contribution in [0.25, 0.3) is 0 Å². The first kappa shape index (κ1) is 22.7. The van der Waals surface area contributed by atoms with E-state index in [1.165, 1.54) is 11.3 Å². The van der Waals surface area contributed by atoms with Crippen molar-refractivity contribution < 1.29 is 19.4 Å². The molecule has 158 valence electrons. The fourth-order valence-corrected chi connectivity index (χ4v) is 3.96. The van der Waals surface area contributed by atoms with E-state index in [9.17, 15) is 14.7 Å². The van der Waals surface area contributed by atoms with Gasteiger partial charge in [0.1, 0.15) is 5.60 Å². The van der Waals surface area contributed by atoms with Crippen molar-refractivity contribution in [2.45, 2.75) is 65.3 Å². The Hall–Kier alpha value is -1.55. The number of hydrogen-bond acceptors (Lipinski definition) is 8. The molecule has 1 aliphatic rings. The molecule has 2 N–H and O–H groups in total. The highest BCUT2D eigenvalue weighted by molar-refractivity contribution is 7.15. The molecular formula is C19H32N4O4S. The summed E-state index contributed by atoms with van der Waals surface area (Å²) >= 11 is 1.45. The number of hydrogen-bond donors (Lipinski definition) is 2. The number of ether oxygens (including phenoxy) is 1. The minimum absolute atomic E-state index is 0.0884. The summed E-state index contributed by atoms with van der Waals surface area (Å²) in [5.74, 6) is -0.489. The Bertz CT molecular complexity index is 696. The lowest BCUT2D eigenvalue weighted by molar-refractivity contribution is -0.156. The highest BCUT2D eigenvalue weighted by Crippen LogP contribution is 2.23. The molecule has 3 atom stereocenters. The van der Waals surface area contributed by atoms with Crippen LogP contribution in [0.5, 0.6) is 0 Å². The summed E-state index contributed by atoms with van der Waals surface area (Å²) in [6.07, 6.45) is -0.646. The van der Waals surface area contributed by atoms with E-state index in [4.69, 9.17) is 4.74 Å². The molecule has 1 amide bonds. The van der Waals surface area contributed by atoms with Crippen LogP contribution in [0, 0.1) is 13.8 Å². The molecular weight excluding hydrogens is 380 g/mol. The quantitative estimate of drug-likeness (QED) is 0.682. The number of carbonyl (C=O) groups excluding carboxylic acids is 2. The highest BCUT2D eigenvalue weighted by atomic mass is 32.1. The van der Waals surface area contributed by atoms with Crippen molar-refractivity contribution in [1.82, 2.24) is 14.8 Å². The molecule has 0 aliphatic carbocycles. The summed E-state index contributed by atoms with van der Waals surface area (Å²) in [7, 11) is 1.78. The van der Waals surface area contributed by atoms with Crippen LogP contribution in [0.2, 0.25) is 0 Å². The zero-order valence-corrected chi connectivity index (χ0v) is 18.6. The SMILES string of the molecule is Cc1nc(NC(=O)[C@H](C)N2C[C@@H](O)[C@H](N(C)CC(=O)OC(C)(C)C)C2)sc1C. The molecule has 2 heterocycles. The number of esters is 1. The number of aliphatic hydroxyl groups is 1. The maximum absolute atomic E-state index is 12.6. The van der Waals surface area contributed by atoms with Crippen molar-refractivity contribution in [2.75, 3.05) is 32.0 Å². The molecule has 0 bridgehead atoms. The summed E-state index contributed by atoms with van der Waals surface area (Å²) < 4.78 is 5.35. The average Bonchev–Trinajstić information content (AvgIpc) is 3.07. The standard InChI is InChI=1S/C19H32N4O4S/c1-11-13(3)28-18(20-11)21-17(26)12(2)23-8-14(15(24)9-23)22(7)10-16(25)27-19(4,5)6/h12,14-15,24H,8-10H2,1-7H3,(H,20,21,26)/t12-,14+,15+/m0/s1. The van der Waals surface area contributed by atoms with Gasteiger partial charge < -0.3 is 15.2 Å². The van der Waals surface area contributed by atoms with E-state index < -0.39 is 17.7 Å². The number of likely N-dealkylation sites (tertiary alicyclic amines) is 1. The third-order valence-electron chi connectivity index (χ3n) is 4.84. The Kier molecular flexibility index (Phi) is 7.19. The highest BCUT2D eigenvalue weighted by Gasteiger charge is 2.38. The van der Waals surface area contributed by atoms with E-state index in [0.717, 1.165) is 10.6 Å². The van der Waals surface area contributed by atoms with Gasteiger partial charge in [0, 0.05) is 24.0 Å². The molecule has 1 aromatic rings. The Balaban J connectivity index is 1.92. The van der Waals surface area contributed by atoms with E-state index in [2.05, 4.69) is 10.3 Å². The molecule has 2 rings (SSSR count). The number of aryl methyl sites for hydroxylation is 2. The summed E-state index contributed by atoms with van der Waals surface area (Å²) in [6, 6.07) is -0.661. The van der Waals surface area contributed by atoms with Crippen LogP contribution in [-0.4, -0.2) is 82.2 Å². The van der Waals surface area contributed by atoms with Crippen LogP contribution in [0.3, 0.4) is 0 Å². The summed E-state index contributed by atoms with van der Waals surface area (Å²) in [5, 5.41) is 13.9. The number of β-amino-alcohol motifs (C(OH)–C–C–N with tert-alkyl or cyclic N) is 1. The molecule has 0 spiro atoms. The van der Waals surface area contributed by atoms with E-state index in [-0.39, 0.29) is 24.5 Å². The molecule has 0 unspecified atom stereocenters. The van der Waals surface area contributed by atoms with Gasteiger partial charge in [-0.05, 0) is 48.6 Å². The molecule has 1 aliphatic heterocycles. The Labute approximate surface area is 170 Å². The van der Waals surface area contributed by atoms with E-state index in [1.807, 2.05) is 46.4 Å². The lowest BCUT2D eigenvalue weighted by atomic mass is 10.2. The molecule has 1 fully saturated rings. The smallest absolute Gasteiger partial charge is 0.320 e. The number of nitrogens with one attached hydrogen (secondary N) is 1. The Morgan fingerprint density at radius 1 is 1.39 bits per heavy atom. The lowest BCUT2D eigenvalue weighted by Gasteiger charge is -2.28. The van der Waals surface area contributed by atoms with Crippen LogP contribution in [0.15, 0.2) is 0 Å². The number of thiazole rings is 1. The predicted molar refractivity (Wildman–Crippen MR) is 110 cm³/mol. The van der Waals surface area contributed by atoms with Gasteiger partial charge in [0.15, 0.2) is 5.13 Å². The molecule has 28 heavy (non-hydrogen) atoms. The number of likely N-dealkylation sites (N-methyl/N-ethyl adjacent to an activating group) is 1. The van der Waals surface area contributed by atoms with Gasteiger partial charge in [-0.25, -0.2) is 4.98 Å². The molecule has 9 heteroatoms. The fourth-order valence-electron chi connectivity index (χ4n) is 3.14. The maximum atomic E-state index is 12.6. The number of rotatable bonds is 6. The monoisotopic (exact) mass is 412 g/mol. The van der Waals surface area contributed by atoms with E-state index >= 15 is 0 Å². The number of carbonyl (C=O) groups is 2.